The number of hydrogen-bond acceptors (Lipinski definition) is 3. The zero-order valence-electron chi connectivity index (χ0n) is 11.7. The average molecular weight is 396 g/mol. The van der Waals surface area contributed by atoms with Gasteiger partial charge < -0.3 is 15.4 Å². The molecule has 2 aromatic rings. The van der Waals surface area contributed by atoms with Crippen LogP contribution < -0.4 is 15.4 Å². The molecule has 0 aromatic heterocycles. The first-order valence-electron chi connectivity index (χ1n) is 6.57. The topological polar surface area (TPSA) is 50.4 Å². The van der Waals surface area contributed by atoms with Crippen molar-refractivity contribution in [2.45, 2.75) is 6.54 Å². The molecule has 0 unspecified atom stereocenters. The predicted octanol–water partition coefficient (Wildman–Crippen LogP) is 3.03. The molecule has 21 heavy (non-hydrogen) atoms. The fourth-order valence-electron chi connectivity index (χ4n) is 1.83. The van der Waals surface area contributed by atoms with Crippen LogP contribution in [-0.2, 0) is 11.3 Å². The Bertz CT molecular complexity index is 617. The SMILES string of the molecule is COc1cccc(CNC(=O)CNc2ccccc2I)c1. The van der Waals surface area contributed by atoms with E-state index in [-0.39, 0.29) is 12.5 Å². The van der Waals surface area contributed by atoms with Crippen LogP contribution in [0.25, 0.3) is 0 Å². The third-order valence-corrected chi connectivity index (χ3v) is 3.88. The average Bonchev–Trinajstić information content (AvgIpc) is 2.52. The van der Waals surface area contributed by atoms with Crippen molar-refractivity contribution in [3.63, 3.8) is 0 Å². The first-order valence-corrected chi connectivity index (χ1v) is 7.65. The summed E-state index contributed by atoms with van der Waals surface area (Å²) in [6, 6.07) is 15.5. The van der Waals surface area contributed by atoms with Crippen molar-refractivity contribution >= 4 is 34.2 Å². The number of nitrogens with one attached hydrogen (secondary N) is 2. The Morgan fingerprint density at radius 1 is 1.19 bits per heavy atom. The number of methoxy groups -OCH3 is 1. The van der Waals surface area contributed by atoms with E-state index in [1.165, 1.54) is 0 Å². The number of carbonyl (C=O) groups is 1. The monoisotopic (exact) mass is 396 g/mol. The van der Waals surface area contributed by atoms with Crippen LogP contribution in [0.4, 0.5) is 5.69 Å². The van der Waals surface area contributed by atoms with E-state index < -0.39 is 0 Å². The van der Waals surface area contributed by atoms with Crippen LogP contribution in [0.2, 0.25) is 0 Å². The van der Waals surface area contributed by atoms with Gasteiger partial charge in [-0.3, -0.25) is 4.79 Å². The lowest BCUT2D eigenvalue weighted by Gasteiger charge is -2.09. The number of anilines is 1. The minimum Gasteiger partial charge on any atom is -0.497 e. The molecule has 0 saturated heterocycles. The van der Waals surface area contributed by atoms with Gasteiger partial charge in [-0.25, -0.2) is 0 Å². The summed E-state index contributed by atoms with van der Waals surface area (Å²) in [5.41, 5.74) is 1.98. The molecule has 4 nitrogen and oxygen atoms in total. The Labute approximate surface area is 138 Å². The highest BCUT2D eigenvalue weighted by atomic mass is 127. The molecule has 110 valence electrons. The number of benzene rings is 2. The van der Waals surface area contributed by atoms with E-state index in [0.29, 0.717) is 6.54 Å². The molecule has 0 spiro atoms. The summed E-state index contributed by atoms with van der Waals surface area (Å²) in [4.78, 5) is 11.8. The lowest BCUT2D eigenvalue weighted by atomic mass is 10.2. The Kier molecular flexibility index (Phi) is 5.86. The molecule has 0 aliphatic rings. The summed E-state index contributed by atoms with van der Waals surface area (Å²) in [6.07, 6.45) is 0. The van der Waals surface area contributed by atoms with Gasteiger partial charge in [0.1, 0.15) is 5.75 Å². The van der Waals surface area contributed by atoms with Gasteiger partial charge in [0.05, 0.1) is 13.7 Å². The van der Waals surface area contributed by atoms with Gasteiger partial charge in [0.25, 0.3) is 0 Å². The van der Waals surface area contributed by atoms with E-state index in [9.17, 15) is 4.79 Å². The predicted molar refractivity (Wildman–Crippen MR) is 92.5 cm³/mol. The quantitative estimate of drug-likeness (QED) is 0.739. The van der Waals surface area contributed by atoms with Crippen LogP contribution in [0.1, 0.15) is 5.56 Å². The lowest BCUT2D eigenvalue weighted by molar-refractivity contribution is -0.119. The van der Waals surface area contributed by atoms with Gasteiger partial charge in [0.2, 0.25) is 5.91 Å². The van der Waals surface area contributed by atoms with Crippen molar-refractivity contribution in [3.05, 3.63) is 57.7 Å². The third-order valence-electron chi connectivity index (χ3n) is 2.94. The molecule has 0 aliphatic carbocycles. The van der Waals surface area contributed by atoms with Crippen LogP contribution in [0.5, 0.6) is 5.75 Å². The zero-order chi connectivity index (χ0) is 15.1. The van der Waals surface area contributed by atoms with Crippen molar-refractivity contribution in [2.24, 2.45) is 0 Å². The highest BCUT2D eigenvalue weighted by Gasteiger charge is 2.03. The summed E-state index contributed by atoms with van der Waals surface area (Å²) >= 11 is 2.24. The standard InChI is InChI=1S/C16H17IN2O2/c1-21-13-6-4-5-12(9-13)10-19-16(20)11-18-15-8-3-2-7-14(15)17/h2-9,18H,10-11H2,1H3,(H,19,20). The molecule has 0 fully saturated rings. The van der Waals surface area contributed by atoms with Gasteiger partial charge >= 0.3 is 0 Å². The Morgan fingerprint density at radius 3 is 2.76 bits per heavy atom. The molecule has 0 heterocycles. The van der Waals surface area contributed by atoms with Gasteiger partial charge in [0.15, 0.2) is 0 Å². The zero-order valence-corrected chi connectivity index (χ0v) is 13.9. The summed E-state index contributed by atoms with van der Waals surface area (Å²) in [5.74, 6) is 0.746. The molecular weight excluding hydrogens is 379 g/mol. The largest absolute Gasteiger partial charge is 0.497 e. The van der Waals surface area contributed by atoms with Crippen LogP contribution >= 0.6 is 22.6 Å². The first-order chi connectivity index (χ1) is 10.2. The van der Waals surface area contributed by atoms with E-state index >= 15 is 0 Å². The van der Waals surface area contributed by atoms with Gasteiger partial charge in [-0.2, -0.15) is 0 Å². The summed E-state index contributed by atoms with van der Waals surface area (Å²) in [6.45, 7) is 0.744. The molecule has 0 bridgehead atoms. The van der Waals surface area contributed by atoms with Crippen molar-refractivity contribution in [1.82, 2.24) is 5.32 Å². The van der Waals surface area contributed by atoms with Crippen molar-refractivity contribution in [3.8, 4) is 5.75 Å². The van der Waals surface area contributed by atoms with Crippen molar-refractivity contribution in [1.29, 1.82) is 0 Å². The minimum absolute atomic E-state index is 0.0440. The molecule has 2 aromatic carbocycles. The second-order valence-corrected chi connectivity index (χ2v) is 5.62. The van der Waals surface area contributed by atoms with Crippen molar-refractivity contribution < 1.29 is 9.53 Å². The van der Waals surface area contributed by atoms with E-state index in [1.807, 2.05) is 48.5 Å². The van der Waals surface area contributed by atoms with Crippen LogP contribution in [0, 0.1) is 3.57 Å². The number of carbonyl (C=O) groups excluding carboxylic acids is 1. The number of rotatable bonds is 6. The van der Waals surface area contributed by atoms with Crippen LogP contribution in [0.15, 0.2) is 48.5 Å². The number of ether oxygens (including phenoxy) is 1. The van der Waals surface area contributed by atoms with E-state index in [4.69, 9.17) is 4.74 Å². The summed E-state index contributed by atoms with van der Waals surface area (Å²) in [5, 5.41) is 6.01. The summed E-state index contributed by atoms with van der Waals surface area (Å²) < 4.78 is 6.25. The molecule has 0 aliphatic heterocycles. The molecule has 5 heteroatoms. The number of amides is 1. The normalized spacial score (nSPS) is 10.0. The van der Waals surface area contributed by atoms with E-state index in [1.54, 1.807) is 7.11 Å². The maximum Gasteiger partial charge on any atom is 0.239 e. The smallest absolute Gasteiger partial charge is 0.239 e. The minimum atomic E-state index is -0.0440. The maximum atomic E-state index is 11.8. The molecule has 0 radical (unpaired) electrons. The van der Waals surface area contributed by atoms with E-state index in [2.05, 4.69) is 33.2 Å². The molecule has 2 N–H and O–H groups in total. The first kappa shape index (κ1) is 15.6. The Balaban J connectivity index is 1.81. The van der Waals surface area contributed by atoms with Gasteiger partial charge in [-0.1, -0.05) is 24.3 Å². The van der Waals surface area contributed by atoms with Gasteiger partial charge in [-0.15, -0.1) is 0 Å². The van der Waals surface area contributed by atoms with Crippen LogP contribution in [0.3, 0.4) is 0 Å². The Hall–Kier alpha value is -1.76. The van der Waals surface area contributed by atoms with Crippen LogP contribution in [-0.4, -0.2) is 19.6 Å². The molecule has 1 amide bonds. The number of hydrogen-bond donors (Lipinski definition) is 2. The van der Waals surface area contributed by atoms with Gasteiger partial charge in [0, 0.05) is 15.8 Å². The highest BCUT2D eigenvalue weighted by molar-refractivity contribution is 14.1. The molecule has 0 atom stereocenters. The molecule has 0 saturated carbocycles. The second-order valence-electron chi connectivity index (χ2n) is 4.46. The fraction of sp³-hybridized carbons (Fsp3) is 0.188. The molecular formula is C16H17IN2O2. The highest BCUT2D eigenvalue weighted by Crippen LogP contribution is 2.16. The van der Waals surface area contributed by atoms with Gasteiger partial charge in [-0.05, 0) is 52.4 Å². The lowest BCUT2D eigenvalue weighted by Crippen LogP contribution is -2.29. The fourth-order valence-corrected chi connectivity index (χ4v) is 2.40. The van der Waals surface area contributed by atoms with Crippen molar-refractivity contribution in [2.75, 3.05) is 19.0 Å². The van der Waals surface area contributed by atoms with E-state index in [0.717, 1.165) is 20.6 Å². The Morgan fingerprint density at radius 2 is 2.00 bits per heavy atom. The number of halogens is 1. The molecule has 2 rings (SSSR count). The number of para-hydroxylation sites is 1. The second kappa shape index (κ2) is 7.87. The maximum absolute atomic E-state index is 11.8. The summed E-state index contributed by atoms with van der Waals surface area (Å²) in [7, 11) is 1.63. The third kappa shape index (κ3) is 4.93.